The molecule has 92 valence electrons. The first-order valence-electron chi connectivity index (χ1n) is 6.40. The number of nitrogens with one attached hydrogen (secondary N) is 1. The third kappa shape index (κ3) is 2.58. The standard InChI is InChI=1S/C13H19N3O/c1-5-14-6-2-13(1)16-7-3-11(4-8-16)15-12-9-17-10-12/h1-2,5-6,11-12,15H,3-4,7-10H2. The molecule has 1 N–H and O–H groups in total. The zero-order valence-electron chi connectivity index (χ0n) is 10.0. The highest BCUT2D eigenvalue weighted by molar-refractivity contribution is 5.44. The van der Waals surface area contributed by atoms with Gasteiger partial charge >= 0.3 is 0 Å². The van der Waals surface area contributed by atoms with Gasteiger partial charge in [-0.25, -0.2) is 0 Å². The van der Waals surface area contributed by atoms with Crippen LogP contribution >= 0.6 is 0 Å². The second-order valence-corrected chi connectivity index (χ2v) is 4.87. The van der Waals surface area contributed by atoms with Crippen molar-refractivity contribution in [2.45, 2.75) is 24.9 Å². The minimum Gasteiger partial charge on any atom is -0.378 e. The van der Waals surface area contributed by atoms with E-state index in [0.29, 0.717) is 12.1 Å². The Hall–Kier alpha value is -1.13. The average molecular weight is 233 g/mol. The van der Waals surface area contributed by atoms with Crippen molar-refractivity contribution in [2.75, 3.05) is 31.2 Å². The van der Waals surface area contributed by atoms with Gasteiger partial charge in [0.1, 0.15) is 0 Å². The van der Waals surface area contributed by atoms with Crippen LogP contribution in [0.5, 0.6) is 0 Å². The van der Waals surface area contributed by atoms with E-state index in [4.69, 9.17) is 4.74 Å². The Kier molecular flexibility index (Phi) is 3.25. The van der Waals surface area contributed by atoms with Crippen LogP contribution in [0.3, 0.4) is 0 Å². The van der Waals surface area contributed by atoms with E-state index in [-0.39, 0.29) is 0 Å². The first-order valence-corrected chi connectivity index (χ1v) is 6.40. The lowest BCUT2D eigenvalue weighted by Gasteiger charge is -2.37. The van der Waals surface area contributed by atoms with Crippen molar-refractivity contribution in [3.05, 3.63) is 24.5 Å². The Bertz CT molecular complexity index is 345. The number of nitrogens with zero attached hydrogens (tertiary/aromatic N) is 2. The molecule has 17 heavy (non-hydrogen) atoms. The highest BCUT2D eigenvalue weighted by Gasteiger charge is 2.25. The summed E-state index contributed by atoms with van der Waals surface area (Å²) >= 11 is 0. The Morgan fingerprint density at radius 3 is 2.41 bits per heavy atom. The van der Waals surface area contributed by atoms with Crippen LogP contribution in [0.25, 0.3) is 0 Å². The largest absolute Gasteiger partial charge is 0.378 e. The molecule has 0 amide bonds. The highest BCUT2D eigenvalue weighted by atomic mass is 16.5. The molecule has 0 spiro atoms. The summed E-state index contributed by atoms with van der Waals surface area (Å²) in [5.74, 6) is 0. The molecule has 2 aliphatic heterocycles. The van der Waals surface area contributed by atoms with Gasteiger partial charge in [-0.1, -0.05) is 0 Å². The van der Waals surface area contributed by atoms with Crippen molar-refractivity contribution in [3.8, 4) is 0 Å². The summed E-state index contributed by atoms with van der Waals surface area (Å²) in [6.45, 7) is 4.06. The van der Waals surface area contributed by atoms with E-state index in [1.165, 1.54) is 18.5 Å². The van der Waals surface area contributed by atoms with Gasteiger partial charge in [0.05, 0.1) is 19.3 Å². The zero-order valence-corrected chi connectivity index (χ0v) is 10.0. The number of ether oxygens (including phenoxy) is 1. The quantitative estimate of drug-likeness (QED) is 0.846. The maximum Gasteiger partial charge on any atom is 0.0643 e. The number of hydrogen-bond donors (Lipinski definition) is 1. The van der Waals surface area contributed by atoms with Crippen LogP contribution in [-0.2, 0) is 4.74 Å². The maximum atomic E-state index is 5.19. The summed E-state index contributed by atoms with van der Waals surface area (Å²) in [6, 6.07) is 5.45. The smallest absolute Gasteiger partial charge is 0.0643 e. The number of hydrogen-bond acceptors (Lipinski definition) is 4. The molecule has 2 saturated heterocycles. The summed E-state index contributed by atoms with van der Waals surface area (Å²) in [5, 5.41) is 3.66. The molecular formula is C13H19N3O. The monoisotopic (exact) mass is 233 g/mol. The van der Waals surface area contributed by atoms with Gasteiger partial charge in [-0.3, -0.25) is 4.98 Å². The molecule has 1 aromatic rings. The van der Waals surface area contributed by atoms with Crippen molar-refractivity contribution >= 4 is 5.69 Å². The first kappa shape index (κ1) is 11.0. The van der Waals surface area contributed by atoms with E-state index in [0.717, 1.165) is 26.3 Å². The molecule has 0 atom stereocenters. The van der Waals surface area contributed by atoms with Gasteiger partial charge in [0, 0.05) is 37.2 Å². The Morgan fingerprint density at radius 1 is 1.12 bits per heavy atom. The van der Waals surface area contributed by atoms with Crippen LogP contribution in [0.1, 0.15) is 12.8 Å². The van der Waals surface area contributed by atoms with E-state index in [1.54, 1.807) is 0 Å². The molecule has 2 fully saturated rings. The normalized spacial score (nSPS) is 22.5. The fourth-order valence-corrected chi connectivity index (χ4v) is 2.52. The van der Waals surface area contributed by atoms with E-state index in [1.807, 2.05) is 12.4 Å². The van der Waals surface area contributed by atoms with Crippen molar-refractivity contribution in [2.24, 2.45) is 0 Å². The van der Waals surface area contributed by atoms with Crippen LogP contribution in [-0.4, -0.2) is 43.4 Å². The maximum absolute atomic E-state index is 5.19. The minimum atomic E-state index is 0.604. The topological polar surface area (TPSA) is 37.4 Å². The Labute approximate surface area is 102 Å². The van der Waals surface area contributed by atoms with Gasteiger partial charge in [0.25, 0.3) is 0 Å². The molecule has 0 aliphatic carbocycles. The lowest BCUT2D eigenvalue weighted by molar-refractivity contribution is -0.0111. The SMILES string of the molecule is c1cc(N2CCC(NC3COC3)CC2)ccn1. The van der Waals surface area contributed by atoms with E-state index < -0.39 is 0 Å². The molecule has 1 aromatic heterocycles. The highest BCUT2D eigenvalue weighted by Crippen LogP contribution is 2.19. The molecule has 0 unspecified atom stereocenters. The van der Waals surface area contributed by atoms with Crippen molar-refractivity contribution < 1.29 is 4.74 Å². The van der Waals surface area contributed by atoms with Crippen molar-refractivity contribution in [3.63, 3.8) is 0 Å². The average Bonchev–Trinajstić information content (AvgIpc) is 2.36. The fraction of sp³-hybridized carbons (Fsp3) is 0.615. The van der Waals surface area contributed by atoms with E-state index >= 15 is 0 Å². The number of pyridine rings is 1. The van der Waals surface area contributed by atoms with Gasteiger partial charge in [-0.15, -0.1) is 0 Å². The van der Waals surface area contributed by atoms with Crippen molar-refractivity contribution in [1.29, 1.82) is 0 Å². The predicted octanol–water partition coefficient (Wildman–Crippen LogP) is 1.04. The molecule has 0 radical (unpaired) electrons. The number of anilines is 1. The van der Waals surface area contributed by atoms with E-state index in [2.05, 4.69) is 27.3 Å². The lowest BCUT2D eigenvalue weighted by atomic mass is 10.0. The molecule has 0 bridgehead atoms. The zero-order chi connectivity index (χ0) is 11.5. The molecule has 3 heterocycles. The van der Waals surface area contributed by atoms with Crippen LogP contribution < -0.4 is 10.2 Å². The summed E-state index contributed by atoms with van der Waals surface area (Å²) in [7, 11) is 0. The third-order valence-corrected chi connectivity index (χ3v) is 3.63. The molecule has 3 rings (SSSR count). The van der Waals surface area contributed by atoms with Crippen LogP contribution in [0, 0.1) is 0 Å². The third-order valence-electron chi connectivity index (χ3n) is 3.63. The van der Waals surface area contributed by atoms with Gasteiger partial charge in [-0.2, -0.15) is 0 Å². The van der Waals surface area contributed by atoms with Crippen molar-refractivity contribution in [1.82, 2.24) is 10.3 Å². The second-order valence-electron chi connectivity index (χ2n) is 4.87. The predicted molar refractivity (Wildman–Crippen MR) is 67.2 cm³/mol. The van der Waals surface area contributed by atoms with E-state index in [9.17, 15) is 0 Å². The van der Waals surface area contributed by atoms with Crippen LogP contribution in [0.4, 0.5) is 5.69 Å². The Balaban J connectivity index is 1.50. The lowest BCUT2D eigenvalue weighted by Crippen LogP contribution is -2.53. The summed E-state index contributed by atoms with van der Waals surface area (Å²) in [5.41, 5.74) is 1.30. The molecule has 4 heteroatoms. The number of piperidine rings is 1. The molecule has 0 saturated carbocycles. The molecular weight excluding hydrogens is 214 g/mol. The summed E-state index contributed by atoms with van der Waals surface area (Å²) in [6.07, 6.45) is 6.17. The van der Waals surface area contributed by atoms with Gasteiger partial charge in [-0.05, 0) is 25.0 Å². The molecule has 2 aliphatic rings. The number of rotatable bonds is 3. The summed E-state index contributed by atoms with van der Waals surface area (Å²) in [4.78, 5) is 6.50. The fourth-order valence-electron chi connectivity index (χ4n) is 2.52. The minimum absolute atomic E-state index is 0.604. The second kappa shape index (κ2) is 5.02. The Morgan fingerprint density at radius 2 is 1.82 bits per heavy atom. The van der Waals surface area contributed by atoms with Crippen LogP contribution in [0.15, 0.2) is 24.5 Å². The molecule has 4 nitrogen and oxygen atoms in total. The molecule has 0 aromatic carbocycles. The van der Waals surface area contributed by atoms with Gasteiger partial charge in [0.2, 0.25) is 0 Å². The summed E-state index contributed by atoms with van der Waals surface area (Å²) < 4.78 is 5.19. The van der Waals surface area contributed by atoms with Gasteiger partial charge in [0.15, 0.2) is 0 Å². The van der Waals surface area contributed by atoms with Gasteiger partial charge < -0.3 is 15.0 Å². The van der Waals surface area contributed by atoms with Crippen LogP contribution in [0.2, 0.25) is 0 Å². The first-order chi connectivity index (χ1) is 8.42. The number of aromatic nitrogens is 1.